The summed E-state index contributed by atoms with van der Waals surface area (Å²) in [6, 6.07) is 13.3. The summed E-state index contributed by atoms with van der Waals surface area (Å²) in [7, 11) is -1.10. The molecule has 30 heavy (non-hydrogen) atoms. The third kappa shape index (κ3) is 4.57. The maximum atomic E-state index is 12.6. The van der Waals surface area contributed by atoms with Gasteiger partial charge in [0.15, 0.2) is 5.78 Å². The topological polar surface area (TPSA) is 105 Å². The summed E-state index contributed by atoms with van der Waals surface area (Å²) in [6.45, 7) is 4.04. The highest BCUT2D eigenvalue weighted by Crippen LogP contribution is 2.29. The van der Waals surface area contributed by atoms with Gasteiger partial charge in [-0.2, -0.15) is 0 Å². The van der Waals surface area contributed by atoms with Crippen molar-refractivity contribution in [2.24, 2.45) is 0 Å². The van der Waals surface area contributed by atoms with E-state index in [0.29, 0.717) is 34.1 Å². The molecule has 0 fully saturated rings. The quantitative estimate of drug-likeness (QED) is 0.516. The lowest BCUT2D eigenvalue weighted by atomic mass is 9.99. The van der Waals surface area contributed by atoms with Crippen molar-refractivity contribution in [3.05, 3.63) is 81.7 Å². The van der Waals surface area contributed by atoms with Gasteiger partial charge in [0.2, 0.25) is 0 Å². The molecule has 1 unspecified atom stereocenters. The van der Waals surface area contributed by atoms with Crippen LogP contribution in [0, 0.1) is 10.1 Å². The zero-order valence-corrected chi connectivity index (χ0v) is 17.7. The summed E-state index contributed by atoms with van der Waals surface area (Å²) in [4.78, 5) is 23.9. The van der Waals surface area contributed by atoms with Gasteiger partial charge in [-0.3, -0.25) is 29.6 Å². The average molecular weight is 426 g/mol. The summed E-state index contributed by atoms with van der Waals surface area (Å²) >= 11 is 0. The van der Waals surface area contributed by atoms with Crippen molar-refractivity contribution in [2.75, 3.05) is 18.1 Å². The van der Waals surface area contributed by atoms with Gasteiger partial charge < -0.3 is 5.32 Å². The van der Waals surface area contributed by atoms with E-state index < -0.39 is 15.7 Å². The summed E-state index contributed by atoms with van der Waals surface area (Å²) in [5.74, 6) is -0.166. The lowest BCUT2D eigenvalue weighted by molar-refractivity contribution is -0.384. The average Bonchev–Trinajstić information content (AvgIpc) is 2.73. The van der Waals surface area contributed by atoms with Gasteiger partial charge in [0.25, 0.3) is 5.69 Å². The molecule has 2 N–H and O–H groups in total. The Bertz CT molecular complexity index is 1080. The highest BCUT2D eigenvalue weighted by Gasteiger charge is 2.24. The molecule has 0 saturated carbocycles. The Kier molecular flexibility index (Phi) is 6.31. The molecule has 1 aliphatic rings. The number of hydrogen-bond acceptors (Lipinski definition) is 7. The number of nitro benzene ring substituents is 1. The van der Waals surface area contributed by atoms with Gasteiger partial charge in [-0.05, 0) is 32.0 Å². The number of allylic oxidation sites excluding steroid dienone is 1. The molecule has 1 heterocycles. The van der Waals surface area contributed by atoms with E-state index in [1.807, 2.05) is 24.1 Å². The van der Waals surface area contributed by atoms with Gasteiger partial charge in [0.1, 0.15) is 0 Å². The van der Waals surface area contributed by atoms with Gasteiger partial charge in [0.05, 0.1) is 21.9 Å². The van der Waals surface area contributed by atoms with Crippen molar-refractivity contribution >= 4 is 33.7 Å². The number of hydrogen-bond donors (Lipinski definition) is 2. The van der Waals surface area contributed by atoms with Crippen LogP contribution in [0.25, 0.3) is 5.70 Å². The lowest BCUT2D eigenvalue weighted by Crippen LogP contribution is -2.38. The summed E-state index contributed by atoms with van der Waals surface area (Å²) in [6.07, 6.45) is 3.37. The smallest absolute Gasteiger partial charge is 0.271 e. The number of hydrazine groups is 1. The van der Waals surface area contributed by atoms with E-state index in [-0.39, 0.29) is 11.5 Å². The van der Waals surface area contributed by atoms with Crippen LogP contribution < -0.4 is 10.7 Å². The molecule has 2 aromatic rings. The van der Waals surface area contributed by atoms with Crippen LogP contribution in [0.3, 0.4) is 0 Å². The molecule has 0 aliphatic carbocycles. The Morgan fingerprint density at radius 2 is 1.93 bits per heavy atom. The first-order chi connectivity index (χ1) is 14.3. The first kappa shape index (κ1) is 21.3. The minimum atomic E-state index is -1.10. The van der Waals surface area contributed by atoms with Crippen LogP contribution in [0.2, 0.25) is 0 Å². The molecule has 9 heteroatoms. The van der Waals surface area contributed by atoms with Gasteiger partial charge in [0, 0.05) is 58.1 Å². The second-order valence-electron chi connectivity index (χ2n) is 6.66. The van der Waals surface area contributed by atoms with Gasteiger partial charge in [-0.25, -0.2) is 0 Å². The van der Waals surface area contributed by atoms with Crippen molar-refractivity contribution in [1.82, 2.24) is 10.4 Å². The Morgan fingerprint density at radius 3 is 2.50 bits per heavy atom. The highest BCUT2D eigenvalue weighted by molar-refractivity contribution is 7.84. The van der Waals surface area contributed by atoms with E-state index in [0.717, 1.165) is 5.56 Å². The number of Topliss-reactive ketones (excluding diaryl/α,β-unsaturated/α-hetero) is 1. The standard InChI is InChI=1S/C21H22N4O4S/c1-4-24-13-19(22-16-6-5-7-17(12-16)25(27)28)20(14(2)26)21(23-24)15-8-10-18(11-9-15)30(3)29/h5-13,22-23H,4H2,1-3H3. The van der Waals surface area contributed by atoms with E-state index in [2.05, 4.69) is 10.7 Å². The van der Waals surface area contributed by atoms with E-state index >= 15 is 0 Å². The van der Waals surface area contributed by atoms with Crippen LogP contribution in [0.15, 0.2) is 70.9 Å². The summed E-state index contributed by atoms with van der Waals surface area (Å²) in [5.41, 5.74) is 6.02. The maximum Gasteiger partial charge on any atom is 0.271 e. The monoisotopic (exact) mass is 426 g/mol. The first-order valence-corrected chi connectivity index (χ1v) is 10.8. The zero-order valence-electron chi connectivity index (χ0n) is 16.8. The number of nitrogens with one attached hydrogen (secondary N) is 2. The van der Waals surface area contributed by atoms with Crippen molar-refractivity contribution in [3.8, 4) is 0 Å². The Morgan fingerprint density at radius 1 is 1.23 bits per heavy atom. The molecule has 3 rings (SSSR count). The molecule has 0 aromatic heterocycles. The van der Waals surface area contributed by atoms with E-state index in [1.165, 1.54) is 19.1 Å². The molecule has 1 atom stereocenters. The number of carbonyl (C=O) groups excluding carboxylic acids is 1. The third-order valence-corrected chi connectivity index (χ3v) is 5.50. The van der Waals surface area contributed by atoms with Crippen LogP contribution in [0.1, 0.15) is 19.4 Å². The van der Waals surface area contributed by atoms with Gasteiger partial charge >= 0.3 is 0 Å². The number of nitrogens with zero attached hydrogens (tertiary/aromatic N) is 2. The number of non-ortho nitro benzene ring substituents is 1. The second kappa shape index (κ2) is 8.91. The molecule has 156 valence electrons. The third-order valence-electron chi connectivity index (χ3n) is 4.56. The SMILES string of the molecule is CCN1C=C(Nc2cccc([N+](=O)[O-])c2)C(C(C)=O)=C(c2ccc(S(C)=O)cc2)N1. The van der Waals surface area contributed by atoms with E-state index in [1.54, 1.807) is 36.7 Å². The molecular weight excluding hydrogens is 404 g/mol. The molecule has 2 aromatic carbocycles. The van der Waals surface area contributed by atoms with Gasteiger partial charge in [-0.1, -0.05) is 18.2 Å². The fraction of sp³-hybridized carbons (Fsp3) is 0.190. The predicted molar refractivity (Wildman–Crippen MR) is 117 cm³/mol. The minimum Gasteiger partial charge on any atom is -0.353 e. The molecule has 0 amide bonds. The second-order valence-corrected chi connectivity index (χ2v) is 8.04. The predicted octanol–water partition coefficient (Wildman–Crippen LogP) is 3.43. The van der Waals surface area contributed by atoms with Gasteiger partial charge in [-0.15, -0.1) is 0 Å². The highest BCUT2D eigenvalue weighted by atomic mass is 32.2. The molecule has 0 spiro atoms. The first-order valence-electron chi connectivity index (χ1n) is 9.26. The number of nitro groups is 1. The molecule has 1 aliphatic heterocycles. The normalized spacial score (nSPS) is 14.6. The maximum absolute atomic E-state index is 12.6. The Labute approximate surface area is 176 Å². The zero-order chi connectivity index (χ0) is 21.8. The van der Waals surface area contributed by atoms with Crippen LogP contribution in [-0.4, -0.2) is 32.7 Å². The number of ketones is 1. The summed E-state index contributed by atoms with van der Waals surface area (Å²) < 4.78 is 11.7. The van der Waals surface area contributed by atoms with Crippen LogP contribution in [-0.2, 0) is 15.6 Å². The largest absolute Gasteiger partial charge is 0.353 e. The number of anilines is 1. The fourth-order valence-corrected chi connectivity index (χ4v) is 3.61. The van der Waals surface area contributed by atoms with Crippen LogP contribution in [0.4, 0.5) is 11.4 Å². The van der Waals surface area contributed by atoms with E-state index in [9.17, 15) is 19.1 Å². The van der Waals surface area contributed by atoms with Crippen LogP contribution >= 0.6 is 0 Å². The number of benzene rings is 2. The minimum absolute atomic E-state index is 0.0429. The number of rotatable bonds is 7. The van der Waals surface area contributed by atoms with Crippen molar-refractivity contribution in [3.63, 3.8) is 0 Å². The van der Waals surface area contributed by atoms with Crippen molar-refractivity contribution in [2.45, 2.75) is 18.7 Å². The Balaban J connectivity index is 2.06. The fourth-order valence-electron chi connectivity index (χ4n) is 3.09. The Hall–Kier alpha value is -3.46. The van der Waals surface area contributed by atoms with Crippen molar-refractivity contribution in [1.29, 1.82) is 0 Å². The molecular formula is C21H22N4O4S. The molecule has 0 saturated heterocycles. The molecule has 0 radical (unpaired) electrons. The number of carbonyl (C=O) groups is 1. The van der Waals surface area contributed by atoms with E-state index in [4.69, 9.17) is 0 Å². The summed E-state index contributed by atoms with van der Waals surface area (Å²) in [5, 5.41) is 16.1. The van der Waals surface area contributed by atoms with Crippen LogP contribution in [0.5, 0.6) is 0 Å². The lowest BCUT2D eigenvalue weighted by Gasteiger charge is -2.31. The molecule has 8 nitrogen and oxygen atoms in total. The van der Waals surface area contributed by atoms with Crippen molar-refractivity contribution < 1.29 is 13.9 Å². The molecule has 0 bridgehead atoms.